The Morgan fingerprint density at radius 2 is 1.86 bits per heavy atom. The quantitative estimate of drug-likeness (QED) is 0.625. The van der Waals surface area contributed by atoms with E-state index in [0.29, 0.717) is 18.8 Å². The maximum atomic E-state index is 12.3. The van der Waals surface area contributed by atoms with E-state index in [1.807, 2.05) is 30.3 Å². The average Bonchev–Trinajstić information content (AvgIpc) is 2.74. The van der Waals surface area contributed by atoms with Crippen LogP contribution in [-0.2, 0) is 13.0 Å². The number of ether oxygens (including phenoxy) is 1. The molecule has 0 bridgehead atoms. The van der Waals surface area contributed by atoms with Crippen LogP contribution in [0.15, 0.2) is 66.9 Å². The Morgan fingerprint density at radius 3 is 2.57 bits per heavy atom. The van der Waals surface area contributed by atoms with Crippen LogP contribution in [0.25, 0.3) is 0 Å². The molecule has 0 radical (unpaired) electrons. The summed E-state index contributed by atoms with van der Waals surface area (Å²) >= 11 is 0. The van der Waals surface area contributed by atoms with E-state index in [0.717, 1.165) is 23.4 Å². The Hall–Kier alpha value is -3.34. The Balaban J connectivity index is 1.47. The first-order valence-corrected chi connectivity index (χ1v) is 9.30. The van der Waals surface area contributed by atoms with Crippen molar-refractivity contribution < 1.29 is 9.53 Å². The molecule has 0 aliphatic rings. The predicted octanol–water partition coefficient (Wildman–Crippen LogP) is 3.98. The Bertz CT molecular complexity index is 906. The first-order valence-electron chi connectivity index (χ1n) is 9.30. The molecule has 1 amide bonds. The summed E-state index contributed by atoms with van der Waals surface area (Å²) in [5.74, 6) is 0.646. The van der Waals surface area contributed by atoms with E-state index in [1.54, 1.807) is 19.4 Å². The highest BCUT2D eigenvalue weighted by atomic mass is 16.5. The van der Waals surface area contributed by atoms with Gasteiger partial charge in [-0.1, -0.05) is 42.0 Å². The molecule has 0 unspecified atom stereocenters. The van der Waals surface area contributed by atoms with Gasteiger partial charge in [-0.3, -0.25) is 4.79 Å². The number of nitrogens with one attached hydrogen (secondary N) is 2. The molecule has 0 spiro atoms. The molecule has 0 aliphatic heterocycles. The van der Waals surface area contributed by atoms with E-state index in [1.165, 1.54) is 11.1 Å². The van der Waals surface area contributed by atoms with E-state index in [2.05, 4.69) is 46.8 Å². The normalized spacial score (nSPS) is 10.4. The third-order valence-electron chi connectivity index (χ3n) is 4.45. The summed E-state index contributed by atoms with van der Waals surface area (Å²) in [5, 5.41) is 6.22. The minimum absolute atomic E-state index is 0.173. The van der Waals surface area contributed by atoms with Crippen molar-refractivity contribution in [1.29, 1.82) is 0 Å². The minimum Gasteiger partial charge on any atom is -0.497 e. The highest BCUT2D eigenvalue weighted by Gasteiger charge is 2.07. The van der Waals surface area contributed by atoms with Gasteiger partial charge >= 0.3 is 0 Å². The number of carbonyl (C=O) groups is 1. The molecule has 0 fully saturated rings. The van der Waals surface area contributed by atoms with Gasteiger partial charge in [0, 0.05) is 13.1 Å². The monoisotopic (exact) mass is 375 g/mol. The standard InChI is InChI=1S/C23H25N3O2/c1-17-6-8-19(9-7-17)15-25-20-10-11-22(26-16-20)23(27)24-13-12-18-4-3-5-21(14-18)28-2/h3-11,14,16,25H,12-13,15H2,1-2H3,(H,24,27). The second-order valence-electron chi connectivity index (χ2n) is 6.63. The summed E-state index contributed by atoms with van der Waals surface area (Å²) in [6.07, 6.45) is 2.42. The SMILES string of the molecule is COc1cccc(CCNC(=O)c2ccc(NCc3ccc(C)cc3)cn2)c1. The molecule has 28 heavy (non-hydrogen) atoms. The first kappa shape index (κ1) is 19.4. The molecule has 0 saturated carbocycles. The number of nitrogens with zero attached hydrogens (tertiary/aromatic N) is 1. The van der Waals surface area contributed by atoms with Gasteiger partial charge < -0.3 is 15.4 Å². The lowest BCUT2D eigenvalue weighted by atomic mass is 10.1. The van der Waals surface area contributed by atoms with Crippen LogP contribution in [0.2, 0.25) is 0 Å². The molecule has 1 heterocycles. The number of carbonyl (C=O) groups excluding carboxylic acids is 1. The first-order chi connectivity index (χ1) is 13.6. The maximum Gasteiger partial charge on any atom is 0.269 e. The largest absolute Gasteiger partial charge is 0.497 e. The number of aryl methyl sites for hydroxylation is 1. The number of methoxy groups -OCH3 is 1. The van der Waals surface area contributed by atoms with Crippen molar-refractivity contribution in [3.8, 4) is 5.75 Å². The molecule has 2 N–H and O–H groups in total. The molecule has 0 aliphatic carbocycles. The molecular weight excluding hydrogens is 350 g/mol. The van der Waals surface area contributed by atoms with Crippen molar-refractivity contribution in [1.82, 2.24) is 10.3 Å². The second-order valence-corrected chi connectivity index (χ2v) is 6.63. The topological polar surface area (TPSA) is 63.2 Å². The molecule has 0 atom stereocenters. The lowest BCUT2D eigenvalue weighted by molar-refractivity contribution is 0.0949. The number of rotatable bonds is 8. The molecule has 3 aromatic rings. The van der Waals surface area contributed by atoms with Gasteiger partial charge in [-0.05, 0) is 48.7 Å². The van der Waals surface area contributed by atoms with Gasteiger partial charge in [0.25, 0.3) is 5.91 Å². The molecule has 5 nitrogen and oxygen atoms in total. The van der Waals surface area contributed by atoms with Gasteiger partial charge in [0.1, 0.15) is 11.4 Å². The molecule has 144 valence electrons. The predicted molar refractivity (Wildman–Crippen MR) is 112 cm³/mol. The summed E-state index contributed by atoms with van der Waals surface area (Å²) in [5.41, 5.74) is 4.85. The van der Waals surface area contributed by atoms with Crippen LogP contribution in [0.5, 0.6) is 5.75 Å². The van der Waals surface area contributed by atoms with Crippen molar-refractivity contribution >= 4 is 11.6 Å². The number of aromatic nitrogens is 1. The smallest absolute Gasteiger partial charge is 0.269 e. The van der Waals surface area contributed by atoms with Crippen molar-refractivity contribution in [3.63, 3.8) is 0 Å². The van der Waals surface area contributed by atoms with Crippen LogP contribution >= 0.6 is 0 Å². The van der Waals surface area contributed by atoms with Crippen LogP contribution in [0, 0.1) is 6.92 Å². The summed E-state index contributed by atoms with van der Waals surface area (Å²) in [6.45, 7) is 3.33. The fourth-order valence-corrected chi connectivity index (χ4v) is 2.78. The highest BCUT2D eigenvalue weighted by Crippen LogP contribution is 2.13. The molecule has 1 aromatic heterocycles. The Kier molecular flexibility index (Phi) is 6.63. The molecule has 2 aromatic carbocycles. The number of pyridine rings is 1. The highest BCUT2D eigenvalue weighted by molar-refractivity contribution is 5.92. The fourth-order valence-electron chi connectivity index (χ4n) is 2.78. The van der Waals surface area contributed by atoms with Gasteiger partial charge in [-0.2, -0.15) is 0 Å². The molecule has 5 heteroatoms. The number of benzene rings is 2. The van der Waals surface area contributed by atoms with Crippen LogP contribution in [0.1, 0.15) is 27.2 Å². The average molecular weight is 375 g/mol. The van der Waals surface area contributed by atoms with Gasteiger partial charge in [0.2, 0.25) is 0 Å². The number of anilines is 1. The zero-order chi connectivity index (χ0) is 19.8. The van der Waals surface area contributed by atoms with E-state index in [4.69, 9.17) is 4.74 Å². The summed E-state index contributed by atoms with van der Waals surface area (Å²) in [7, 11) is 1.64. The number of amides is 1. The summed E-state index contributed by atoms with van der Waals surface area (Å²) in [4.78, 5) is 16.5. The lowest BCUT2D eigenvalue weighted by Gasteiger charge is -2.08. The third-order valence-corrected chi connectivity index (χ3v) is 4.45. The van der Waals surface area contributed by atoms with Crippen LogP contribution in [0.4, 0.5) is 5.69 Å². The molecule has 0 saturated heterocycles. The van der Waals surface area contributed by atoms with Crippen molar-refractivity contribution in [3.05, 3.63) is 89.2 Å². The van der Waals surface area contributed by atoms with Crippen molar-refractivity contribution in [2.45, 2.75) is 19.9 Å². The van der Waals surface area contributed by atoms with E-state index >= 15 is 0 Å². The Morgan fingerprint density at radius 1 is 1.04 bits per heavy atom. The van der Waals surface area contributed by atoms with Gasteiger partial charge in [0.05, 0.1) is 19.0 Å². The summed E-state index contributed by atoms with van der Waals surface area (Å²) < 4.78 is 5.21. The fraction of sp³-hybridized carbons (Fsp3) is 0.217. The number of hydrogen-bond acceptors (Lipinski definition) is 4. The zero-order valence-electron chi connectivity index (χ0n) is 16.2. The van der Waals surface area contributed by atoms with Crippen LogP contribution in [-0.4, -0.2) is 24.5 Å². The molecule has 3 rings (SSSR count). The van der Waals surface area contributed by atoms with Gasteiger partial charge in [-0.25, -0.2) is 4.98 Å². The summed E-state index contributed by atoms with van der Waals surface area (Å²) in [6, 6.07) is 19.8. The van der Waals surface area contributed by atoms with Crippen molar-refractivity contribution in [2.75, 3.05) is 19.0 Å². The number of hydrogen-bond donors (Lipinski definition) is 2. The van der Waals surface area contributed by atoms with Crippen LogP contribution in [0.3, 0.4) is 0 Å². The van der Waals surface area contributed by atoms with E-state index in [9.17, 15) is 4.79 Å². The van der Waals surface area contributed by atoms with Gasteiger partial charge in [-0.15, -0.1) is 0 Å². The van der Waals surface area contributed by atoms with E-state index < -0.39 is 0 Å². The molecular formula is C23H25N3O2. The van der Waals surface area contributed by atoms with E-state index in [-0.39, 0.29) is 5.91 Å². The zero-order valence-corrected chi connectivity index (χ0v) is 16.2. The third kappa shape index (κ3) is 5.58. The van der Waals surface area contributed by atoms with Crippen LogP contribution < -0.4 is 15.4 Å². The van der Waals surface area contributed by atoms with Crippen molar-refractivity contribution in [2.24, 2.45) is 0 Å². The minimum atomic E-state index is -0.173. The maximum absolute atomic E-state index is 12.3. The second kappa shape index (κ2) is 9.55. The lowest BCUT2D eigenvalue weighted by Crippen LogP contribution is -2.26. The van der Waals surface area contributed by atoms with Gasteiger partial charge in [0.15, 0.2) is 0 Å². The Labute approximate surface area is 165 Å².